The van der Waals surface area contributed by atoms with E-state index in [1.807, 2.05) is 13.8 Å². The summed E-state index contributed by atoms with van der Waals surface area (Å²) in [5, 5.41) is 16.1. The lowest BCUT2D eigenvalue weighted by molar-refractivity contribution is 0.0978. The summed E-state index contributed by atoms with van der Waals surface area (Å²) in [6.45, 7) is 5.95. The third-order valence-electron chi connectivity index (χ3n) is 2.83. The van der Waals surface area contributed by atoms with E-state index in [0.29, 0.717) is 18.1 Å². The van der Waals surface area contributed by atoms with E-state index < -0.39 is 0 Å². The van der Waals surface area contributed by atoms with E-state index >= 15 is 0 Å². The van der Waals surface area contributed by atoms with Crippen LogP contribution in [0.3, 0.4) is 0 Å². The van der Waals surface area contributed by atoms with E-state index in [2.05, 4.69) is 15.2 Å². The minimum atomic E-state index is -0.291. The van der Waals surface area contributed by atoms with Gasteiger partial charge in [0.2, 0.25) is 5.82 Å². The van der Waals surface area contributed by atoms with Crippen LogP contribution in [-0.2, 0) is 0 Å². The highest BCUT2D eigenvalue weighted by Crippen LogP contribution is 2.25. The first-order valence-electron chi connectivity index (χ1n) is 6.03. The van der Waals surface area contributed by atoms with E-state index in [1.54, 1.807) is 25.1 Å². The van der Waals surface area contributed by atoms with Crippen LogP contribution in [0.15, 0.2) is 18.2 Å². The van der Waals surface area contributed by atoms with Gasteiger partial charge in [-0.05, 0) is 32.4 Å². The zero-order valence-electron chi connectivity index (χ0n) is 11.1. The number of aromatic nitrogens is 3. The lowest BCUT2D eigenvalue weighted by atomic mass is 10.1. The maximum atomic E-state index is 12.4. The molecule has 0 unspecified atom stereocenters. The van der Waals surface area contributed by atoms with Gasteiger partial charge in [0, 0.05) is 12.6 Å². The van der Waals surface area contributed by atoms with Crippen molar-refractivity contribution in [3.8, 4) is 5.75 Å². The minimum Gasteiger partial charge on any atom is -0.508 e. The molecule has 0 saturated carbocycles. The van der Waals surface area contributed by atoms with Gasteiger partial charge in [-0.15, -0.1) is 5.10 Å². The number of rotatable bonds is 3. The Hall–Kier alpha value is -2.37. The molecule has 100 valence electrons. The number of anilines is 1. The van der Waals surface area contributed by atoms with Crippen molar-refractivity contribution in [1.82, 2.24) is 15.2 Å². The van der Waals surface area contributed by atoms with Crippen molar-refractivity contribution in [2.75, 3.05) is 11.4 Å². The molecule has 0 radical (unpaired) electrons. The van der Waals surface area contributed by atoms with E-state index in [4.69, 9.17) is 0 Å². The average Bonchev–Trinajstić information content (AvgIpc) is 2.81. The Balaban J connectivity index is 2.39. The minimum absolute atomic E-state index is 0.123. The Morgan fingerprint density at radius 2 is 2.16 bits per heavy atom. The molecule has 0 bridgehead atoms. The molecule has 0 aliphatic rings. The van der Waals surface area contributed by atoms with Crippen LogP contribution >= 0.6 is 0 Å². The highest BCUT2D eigenvalue weighted by molar-refractivity contribution is 6.04. The molecule has 0 fully saturated rings. The Morgan fingerprint density at radius 3 is 2.74 bits per heavy atom. The molecule has 6 nitrogen and oxygen atoms in total. The van der Waals surface area contributed by atoms with Gasteiger partial charge in [-0.3, -0.25) is 9.89 Å². The predicted octanol–water partition coefficient (Wildman–Crippen LogP) is 1.79. The fourth-order valence-corrected chi connectivity index (χ4v) is 1.87. The lowest BCUT2D eigenvalue weighted by Gasteiger charge is -2.21. The second-order valence-corrected chi connectivity index (χ2v) is 4.26. The zero-order valence-corrected chi connectivity index (χ0v) is 11.1. The van der Waals surface area contributed by atoms with Gasteiger partial charge in [-0.2, -0.15) is 0 Å². The summed E-state index contributed by atoms with van der Waals surface area (Å²) in [4.78, 5) is 17.9. The number of hydrogen-bond donors (Lipinski definition) is 2. The van der Waals surface area contributed by atoms with E-state index in [9.17, 15) is 9.90 Å². The number of phenols is 1. The topological polar surface area (TPSA) is 82.1 Å². The molecule has 0 atom stereocenters. The molecule has 2 rings (SSSR count). The number of nitrogens with one attached hydrogen (secondary N) is 1. The summed E-state index contributed by atoms with van der Waals surface area (Å²) in [6.07, 6.45) is 0. The van der Waals surface area contributed by atoms with Crippen molar-refractivity contribution >= 4 is 11.6 Å². The standard InChI is InChI=1S/C13H16N4O2/c1-4-17(11-7-10(18)6-5-8(11)2)13(19)12-14-9(3)15-16-12/h5-7,18H,4H2,1-3H3,(H,14,15,16). The van der Waals surface area contributed by atoms with Crippen molar-refractivity contribution in [1.29, 1.82) is 0 Å². The van der Waals surface area contributed by atoms with Crippen LogP contribution in [0, 0.1) is 13.8 Å². The van der Waals surface area contributed by atoms with Gasteiger partial charge in [0.15, 0.2) is 0 Å². The number of phenolic OH excluding ortho intramolecular Hbond substituents is 1. The van der Waals surface area contributed by atoms with E-state index in [-0.39, 0.29) is 17.5 Å². The first-order valence-corrected chi connectivity index (χ1v) is 6.03. The van der Waals surface area contributed by atoms with Crippen molar-refractivity contribution in [3.63, 3.8) is 0 Å². The number of aromatic amines is 1. The number of amides is 1. The Morgan fingerprint density at radius 1 is 1.42 bits per heavy atom. The molecule has 19 heavy (non-hydrogen) atoms. The number of carbonyl (C=O) groups is 1. The summed E-state index contributed by atoms with van der Waals surface area (Å²) < 4.78 is 0. The molecule has 0 aliphatic carbocycles. The lowest BCUT2D eigenvalue weighted by Crippen LogP contribution is -2.32. The maximum Gasteiger partial charge on any atom is 0.297 e. The van der Waals surface area contributed by atoms with Gasteiger partial charge < -0.3 is 10.0 Å². The predicted molar refractivity (Wildman–Crippen MR) is 71.3 cm³/mol. The molecule has 6 heteroatoms. The van der Waals surface area contributed by atoms with Crippen LogP contribution < -0.4 is 4.90 Å². The smallest absolute Gasteiger partial charge is 0.297 e. The summed E-state index contributed by atoms with van der Waals surface area (Å²) in [5.41, 5.74) is 1.57. The van der Waals surface area contributed by atoms with Crippen LogP contribution in [0.25, 0.3) is 0 Å². The maximum absolute atomic E-state index is 12.4. The summed E-state index contributed by atoms with van der Waals surface area (Å²) in [6, 6.07) is 4.92. The second-order valence-electron chi connectivity index (χ2n) is 4.26. The highest BCUT2D eigenvalue weighted by Gasteiger charge is 2.21. The van der Waals surface area contributed by atoms with Gasteiger partial charge in [0.05, 0.1) is 5.69 Å². The second kappa shape index (κ2) is 5.09. The number of H-pyrrole nitrogens is 1. The first kappa shape index (κ1) is 13.1. The van der Waals surface area contributed by atoms with Gasteiger partial charge in [-0.1, -0.05) is 6.07 Å². The SMILES string of the molecule is CCN(C(=O)c1n[nH]c(C)n1)c1cc(O)ccc1C. The number of nitrogens with zero attached hydrogens (tertiary/aromatic N) is 3. The van der Waals surface area contributed by atoms with E-state index in [1.165, 1.54) is 4.90 Å². The van der Waals surface area contributed by atoms with Gasteiger partial charge in [0.1, 0.15) is 11.6 Å². The molecule has 0 saturated heterocycles. The van der Waals surface area contributed by atoms with Crippen molar-refractivity contribution in [2.45, 2.75) is 20.8 Å². The summed E-state index contributed by atoms with van der Waals surface area (Å²) in [7, 11) is 0. The van der Waals surface area contributed by atoms with Crippen molar-refractivity contribution in [3.05, 3.63) is 35.4 Å². The molecule has 2 N–H and O–H groups in total. The third-order valence-corrected chi connectivity index (χ3v) is 2.83. The number of hydrogen-bond acceptors (Lipinski definition) is 4. The molecule has 0 aliphatic heterocycles. The third kappa shape index (κ3) is 2.57. The molecule has 1 aromatic carbocycles. The summed E-state index contributed by atoms with van der Waals surface area (Å²) >= 11 is 0. The van der Waals surface area contributed by atoms with Crippen LogP contribution in [0.4, 0.5) is 5.69 Å². The number of aryl methyl sites for hydroxylation is 2. The number of benzene rings is 1. The molecular weight excluding hydrogens is 244 g/mol. The van der Waals surface area contributed by atoms with Gasteiger partial charge in [0.25, 0.3) is 5.91 Å². The van der Waals surface area contributed by atoms with Crippen molar-refractivity contribution in [2.24, 2.45) is 0 Å². The largest absolute Gasteiger partial charge is 0.508 e. The van der Waals surface area contributed by atoms with Crippen LogP contribution in [0.2, 0.25) is 0 Å². The molecule has 1 heterocycles. The Kier molecular flexibility index (Phi) is 3.50. The first-order chi connectivity index (χ1) is 9.02. The number of carbonyl (C=O) groups excluding carboxylic acids is 1. The molecule has 2 aromatic rings. The Bertz CT molecular complexity index is 606. The van der Waals surface area contributed by atoms with Crippen LogP contribution in [-0.4, -0.2) is 32.7 Å². The quantitative estimate of drug-likeness (QED) is 0.881. The normalized spacial score (nSPS) is 10.5. The molecule has 0 spiro atoms. The Labute approximate surface area is 111 Å². The fraction of sp³-hybridized carbons (Fsp3) is 0.308. The molecule has 1 amide bonds. The highest BCUT2D eigenvalue weighted by atomic mass is 16.3. The zero-order chi connectivity index (χ0) is 14.0. The van der Waals surface area contributed by atoms with Crippen LogP contribution in [0.5, 0.6) is 5.75 Å². The van der Waals surface area contributed by atoms with Crippen molar-refractivity contribution < 1.29 is 9.90 Å². The molecule has 1 aromatic heterocycles. The number of aromatic hydroxyl groups is 1. The average molecular weight is 260 g/mol. The van der Waals surface area contributed by atoms with Crippen LogP contribution in [0.1, 0.15) is 28.9 Å². The monoisotopic (exact) mass is 260 g/mol. The fourth-order valence-electron chi connectivity index (χ4n) is 1.87. The molecular formula is C13H16N4O2. The van der Waals surface area contributed by atoms with Gasteiger partial charge >= 0.3 is 0 Å². The van der Waals surface area contributed by atoms with Gasteiger partial charge in [-0.25, -0.2) is 4.98 Å². The summed E-state index contributed by atoms with van der Waals surface area (Å²) in [5.74, 6) is 0.549. The van der Waals surface area contributed by atoms with E-state index in [0.717, 1.165) is 5.56 Å².